The van der Waals surface area contributed by atoms with Crippen LogP contribution in [0.1, 0.15) is 85.0 Å². The average Bonchev–Trinajstić information content (AvgIpc) is 3.11. The number of amidine groups is 1. The highest BCUT2D eigenvalue weighted by Gasteiger charge is 2.63. The Bertz CT molecular complexity index is 732. The summed E-state index contributed by atoms with van der Waals surface area (Å²) in [6.07, 6.45) is 10.5. The first-order valence-electron chi connectivity index (χ1n) is 12.9. The fraction of sp³-hybridized carbons (Fsp3) is 0.923. The number of nitrogens with one attached hydrogen (secondary N) is 1. The summed E-state index contributed by atoms with van der Waals surface area (Å²) in [5, 5.41) is 20.1. The monoisotopic (exact) mass is 464 g/mol. The van der Waals surface area contributed by atoms with Crippen molar-refractivity contribution in [3.05, 3.63) is 0 Å². The van der Waals surface area contributed by atoms with Gasteiger partial charge in [-0.15, -0.1) is 0 Å². The van der Waals surface area contributed by atoms with Crippen molar-refractivity contribution in [2.45, 2.75) is 96.3 Å². The molecule has 0 aromatic carbocycles. The Labute approximate surface area is 198 Å². The van der Waals surface area contributed by atoms with E-state index in [1.54, 1.807) is 11.8 Å². The molecule has 0 saturated heterocycles. The maximum absolute atomic E-state index is 11.7. The molecule has 4 fully saturated rings. The quantitative estimate of drug-likeness (QED) is 0.295. The minimum absolute atomic E-state index is 0.0262. The van der Waals surface area contributed by atoms with Gasteiger partial charge >= 0.3 is 5.97 Å². The highest BCUT2D eigenvalue weighted by Crippen LogP contribution is 2.68. The summed E-state index contributed by atoms with van der Waals surface area (Å²) in [6, 6.07) is 0. The maximum atomic E-state index is 11.7. The number of thioether (sulfide) groups is 1. The lowest BCUT2D eigenvalue weighted by molar-refractivity contribution is -0.168. The second-order valence-corrected chi connectivity index (χ2v) is 13.3. The van der Waals surface area contributed by atoms with Crippen LogP contribution < -0.4 is 5.73 Å². The first kappa shape index (κ1) is 24.4. The molecular formula is C26H44N2O3S. The largest absolute Gasteiger partial charge is 0.469 e. The average molecular weight is 465 g/mol. The standard InChI is InChI=1S/C26H44N2O3S/c1-15(5-10-23(30)31-4)19-8-9-20-18-7-6-16-13-17(32-24(27)28)11-12-25(16,2)21(18)14-22(29)26(19,20)3/h15-22,29H,5-14H2,1-4H3,(H3,27,28). The van der Waals surface area contributed by atoms with Crippen molar-refractivity contribution in [2.75, 3.05) is 7.11 Å². The number of hydrogen-bond acceptors (Lipinski definition) is 5. The van der Waals surface area contributed by atoms with Gasteiger partial charge in [0, 0.05) is 11.7 Å². The third kappa shape index (κ3) is 4.01. The molecule has 182 valence electrons. The molecule has 0 spiro atoms. The molecule has 0 aromatic rings. The molecule has 0 aromatic heterocycles. The highest BCUT2D eigenvalue weighted by molar-refractivity contribution is 8.14. The van der Waals surface area contributed by atoms with Gasteiger partial charge in [0.25, 0.3) is 0 Å². The zero-order valence-corrected chi connectivity index (χ0v) is 21.3. The van der Waals surface area contributed by atoms with Crippen LogP contribution in [0.5, 0.6) is 0 Å². The van der Waals surface area contributed by atoms with E-state index < -0.39 is 0 Å². The summed E-state index contributed by atoms with van der Waals surface area (Å²) >= 11 is 1.57. The van der Waals surface area contributed by atoms with E-state index in [0.29, 0.717) is 46.7 Å². The van der Waals surface area contributed by atoms with Crippen LogP contribution >= 0.6 is 11.8 Å². The van der Waals surface area contributed by atoms with Gasteiger partial charge in [-0.25, -0.2) is 0 Å². The molecule has 4 saturated carbocycles. The number of carbonyl (C=O) groups is 1. The third-order valence-corrected chi connectivity index (χ3v) is 11.8. The predicted molar refractivity (Wildman–Crippen MR) is 130 cm³/mol. The molecule has 6 heteroatoms. The molecule has 0 aliphatic heterocycles. The van der Waals surface area contributed by atoms with Crippen molar-refractivity contribution in [2.24, 2.45) is 52.1 Å². The fourth-order valence-corrected chi connectivity index (χ4v) is 10.0. The Morgan fingerprint density at radius 3 is 2.62 bits per heavy atom. The minimum atomic E-state index is -0.248. The van der Waals surface area contributed by atoms with Crippen LogP contribution in [0, 0.1) is 51.7 Å². The molecule has 0 radical (unpaired) electrons. The summed E-state index contributed by atoms with van der Waals surface area (Å²) in [7, 11) is 1.47. The zero-order chi connectivity index (χ0) is 23.3. The van der Waals surface area contributed by atoms with Gasteiger partial charge in [0.1, 0.15) is 0 Å². The van der Waals surface area contributed by atoms with Crippen LogP contribution in [0.2, 0.25) is 0 Å². The molecule has 0 bridgehead atoms. The summed E-state index contributed by atoms with van der Waals surface area (Å²) in [5.41, 5.74) is 5.98. The number of aliphatic hydroxyl groups excluding tert-OH is 1. The molecule has 32 heavy (non-hydrogen) atoms. The highest BCUT2D eigenvalue weighted by atomic mass is 32.2. The molecule has 0 amide bonds. The lowest BCUT2D eigenvalue weighted by Crippen LogP contribution is -2.58. The molecule has 10 unspecified atom stereocenters. The Hall–Kier alpha value is -0.750. The molecule has 4 rings (SSSR count). The Balaban J connectivity index is 1.50. The van der Waals surface area contributed by atoms with Crippen LogP contribution in [0.4, 0.5) is 0 Å². The van der Waals surface area contributed by atoms with Crippen molar-refractivity contribution in [1.82, 2.24) is 0 Å². The number of aliphatic hydroxyl groups is 1. The Kier molecular flexibility index (Phi) is 6.95. The van der Waals surface area contributed by atoms with Gasteiger partial charge in [-0.1, -0.05) is 32.5 Å². The van der Waals surface area contributed by atoms with E-state index in [1.165, 1.54) is 45.6 Å². The molecule has 4 N–H and O–H groups in total. The van der Waals surface area contributed by atoms with Crippen molar-refractivity contribution in [3.8, 4) is 0 Å². The van der Waals surface area contributed by atoms with Gasteiger partial charge in [-0.2, -0.15) is 0 Å². The van der Waals surface area contributed by atoms with Gasteiger partial charge in [-0.3, -0.25) is 10.2 Å². The number of esters is 1. The van der Waals surface area contributed by atoms with E-state index >= 15 is 0 Å². The number of hydrogen-bond donors (Lipinski definition) is 3. The summed E-state index contributed by atoms with van der Waals surface area (Å²) in [5.74, 6) is 3.43. The van der Waals surface area contributed by atoms with Crippen LogP contribution in [-0.2, 0) is 9.53 Å². The lowest BCUT2D eigenvalue weighted by atomic mass is 9.44. The topological polar surface area (TPSA) is 96.4 Å². The van der Waals surface area contributed by atoms with E-state index in [1.807, 2.05) is 0 Å². The number of methoxy groups -OCH3 is 1. The smallest absolute Gasteiger partial charge is 0.305 e. The number of ether oxygens (including phenoxy) is 1. The molecule has 0 heterocycles. The van der Waals surface area contributed by atoms with Crippen molar-refractivity contribution < 1.29 is 14.6 Å². The maximum Gasteiger partial charge on any atom is 0.305 e. The van der Waals surface area contributed by atoms with E-state index in [9.17, 15) is 9.90 Å². The van der Waals surface area contributed by atoms with E-state index in [-0.39, 0.29) is 22.7 Å². The van der Waals surface area contributed by atoms with Crippen molar-refractivity contribution in [1.29, 1.82) is 5.41 Å². The van der Waals surface area contributed by atoms with E-state index in [2.05, 4.69) is 20.8 Å². The fourth-order valence-electron chi connectivity index (χ4n) is 9.08. The van der Waals surface area contributed by atoms with Crippen molar-refractivity contribution in [3.63, 3.8) is 0 Å². The summed E-state index contributed by atoms with van der Waals surface area (Å²) in [6.45, 7) is 7.18. The van der Waals surface area contributed by atoms with Gasteiger partial charge in [0.05, 0.1) is 13.2 Å². The van der Waals surface area contributed by atoms with Crippen LogP contribution in [0.3, 0.4) is 0 Å². The number of carbonyl (C=O) groups excluding carboxylic acids is 1. The second-order valence-electron chi connectivity index (χ2n) is 11.9. The lowest BCUT2D eigenvalue weighted by Gasteiger charge is -2.62. The van der Waals surface area contributed by atoms with Gasteiger partial charge in [0.2, 0.25) is 0 Å². The third-order valence-electron chi connectivity index (χ3n) is 10.8. The SMILES string of the molecule is COC(=O)CCC(C)C1CCC2C3CCC4CC(SC(=N)N)CCC4(C)C3CC(O)C12C. The number of rotatable bonds is 5. The van der Waals surface area contributed by atoms with Crippen molar-refractivity contribution >= 4 is 22.9 Å². The van der Waals surface area contributed by atoms with Gasteiger partial charge in [-0.05, 0) is 104 Å². The second kappa shape index (κ2) is 9.13. The number of fused-ring (bicyclic) bond motifs is 5. The van der Waals surface area contributed by atoms with E-state index in [0.717, 1.165) is 25.2 Å². The first-order chi connectivity index (χ1) is 15.1. The normalized spacial score (nSPS) is 46.5. The molecule has 4 aliphatic carbocycles. The Morgan fingerprint density at radius 1 is 1.19 bits per heavy atom. The van der Waals surface area contributed by atoms with Crippen LogP contribution in [0.15, 0.2) is 0 Å². The Morgan fingerprint density at radius 2 is 1.94 bits per heavy atom. The predicted octanol–water partition coefficient (Wildman–Crippen LogP) is 5.20. The van der Waals surface area contributed by atoms with Gasteiger partial charge in [0.15, 0.2) is 5.17 Å². The van der Waals surface area contributed by atoms with Crippen LogP contribution in [-0.4, -0.2) is 34.7 Å². The number of nitrogens with two attached hydrogens (primary N) is 1. The summed E-state index contributed by atoms with van der Waals surface area (Å²) < 4.78 is 4.87. The first-order valence-corrected chi connectivity index (χ1v) is 13.7. The summed E-state index contributed by atoms with van der Waals surface area (Å²) in [4.78, 5) is 11.7. The molecule has 4 aliphatic rings. The molecular weight excluding hydrogens is 420 g/mol. The van der Waals surface area contributed by atoms with Gasteiger partial charge < -0.3 is 15.6 Å². The van der Waals surface area contributed by atoms with Crippen LogP contribution in [0.25, 0.3) is 0 Å². The zero-order valence-electron chi connectivity index (χ0n) is 20.4. The molecule has 5 nitrogen and oxygen atoms in total. The minimum Gasteiger partial charge on any atom is -0.469 e. The van der Waals surface area contributed by atoms with E-state index in [4.69, 9.17) is 15.9 Å². The molecule has 10 atom stereocenters.